The molecule has 4 heteroatoms. The number of aryl methyl sites for hydroxylation is 2. The van der Waals surface area contributed by atoms with Gasteiger partial charge in [-0.3, -0.25) is 4.79 Å². The van der Waals surface area contributed by atoms with Crippen LogP contribution in [0.1, 0.15) is 35.5 Å². The summed E-state index contributed by atoms with van der Waals surface area (Å²) < 4.78 is 5.23. The molecule has 124 valence electrons. The summed E-state index contributed by atoms with van der Waals surface area (Å²) in [6, 6.07) is 13.7. The first-order valence-electron chi connectivity index (χ1n) is 8.25. The molecule has 24 heavy (non-hydrogen) atoms. The van der Waals surface area contributed by atoms with E-state index in [0.717, 1.165) is 46.3 Å². The van der Waals surface area contributed by atoms with Gasteiger partial charge in [0.15, 0.2) is 0 Å². The highest BCUT2D eigenvalue weighted by Crippen LogP contribution is 2.25. The third-order valence-corrected chi connectivity index (χ3v) is 4.31. The topological polar surface area (TPSA) is 54.1 Å². The number of hydrogen-bond acceptors (Lipinski definition) is 2. The lowest BCUT2D eigenvalue weighted by molar-refractivity contribution is 0.102. The van der Waals surface area contributed by atoms with Crippen LogP contribution in [0.2, 0.25) is 0 Å². The maximum absolute atomic E-state index is 12.7. The minimum atomic E-state index is -0.124. The fourth-order valence-electron chi connectivity index (χ4n) is 2.94. The number of para-hydroxylation sites is 1. The molecule has 0 atom stereocenters. The van der Waals surface area contributed by atoms with Gasteiger partial charge in [-0.1, -0.05) is 32.0 Å². The van der Waals surface area contributed by atoms with Gasteiger partial charge in [0.2, 0.25) is 0 Å². The fourth-order valence-corrected chi connectivity index (χ4v) is 2.94. The largest absolute Gasteiger partial charge is 0.497 e. The molecule has 1 amide bonds. The van der Waals surface area contributed by atoms with E-state index in [1.807, 2.05) is 30.3 Å². The Balaban J connectivity index is 1.93. The number of H-pyrrole nitrogens is 1. The lowest BCUT2D eigenvalue weighted by Crippen LogP contribution is -2.15. The molecule has 0 aliphatic heterocycles. The Bertz CT molecular complexity index is 858. The van der Waals surface area contributed by atoms with Crippen LogP contribution in [0.3, 0.4) is 0 Å². The summed E-state index contributed by atoms with van der Waals surface area (Å²) in [5.41, 5.74) is 4.70. The molecule has 1 aromatic heterocycles. The van der Waals surface area contributed by atoms with Crippen molar-refractivity contribution in [2.45, 2.75) is 26.7 Å². The summed E-state index contributed by atoms with van der Waals surface area (Å²) in [4.78, 5) is 15.9. The Hall–Kier alpha value is -2.75. The Morgan fingerprint density at radius 2 is 1.79 bits per heavy atom. The molecule has 0 unspecified atom stereocenters. The smallest absolute Gasteiger partial charge is 0.272 e. The normalized spacial score (nSPS) is 10.8. The number of nitrogens with one attached hydrogen (secondary N) is 2. The maximum atomic E-state index is 12.7. The number of benzene rings is 2. The SMILES string of the molecule is CCc1cccc(CC)c1NC(=O)c1cc2cc(OC)ccc2[nH]1. The van der Waals surface area contributed by atoms with E-state index in [-0.39, 0.29) is 5.91 Å². The second kappa shape index (κ2) is 6.79. The van der Waals surface area contributed by atoms with Crippen molar-refractivity contribution in [2.75, 3.05) is 12.4 Å². The highest BCUT2D eigenvalue weighted by Gasteiger charge is 2.14. The molecule has 0 spiro atoms. The van der Waals surface area contributed by atoms with E-state index >= 15 is 0 Å². The van der Waals surface area contributed by atoms with E-state index < -0.39 is 0 Å². The van der Waals surface area contributed by atoms with Gasteiger partial charge in [-0.05, 0) is 48.2 Å². The van der Waals surface area contributed by atoms with Gasteiger partial charge in [-0.2, -0.15) is 0 Å². The molecule has 2 aromatic carbocycles. The number of rotatable bonds is 5. The number of amides is 1. The summed E-state index contributed by atoms with van der Waals surface area (Å²) in [5.74, 6) is 0.652. The van der Waals surface area contributed by atoms with E-state index in [4.69, 9.17) is 4.74 Å². The molecule has 0 radical (unpaired) electrons. The van der Waals surface area contributed by atoms with Crippen molar-refractivity contribution in [2.24, 2.45) is 0 Å². The van der Waals surface area contributed by atoms with Gasteiger partial charge in [0.05, 0.1) is 7.11 Å². The Labute approximate surface area is 141 Å². The van der Waals surface area contributed by atoms with Crippen molar-refractivity contribution in [3.63, 3.8) is 0 Å². The van der Waals surface area contributed by atoms with Crippen molar-refractivity contribution in [3.05, 3.63) is 59.3 Å². The Kier molecular flexibility index (Phi) is 4.56. The molecule has 0 fully saturated rings. The van der Waals surface area contributed by atoms with E-state index in [9.17, 15) is 4.79 Å². The Morgan fingerprint density at radius 1 is 1.08 bits per heavy atom. The maximum Gasteiger partial charge on any atom is 0.272 e. The number of carbonyl (C=O) groups excluding carboxylic acids is 1. The predicted molar refractivity (Wildman–Crippen MR) is 98.0 cm³/mol. The monoisotopic (exact) mass is 322 g/mol. The first-order chi connectivity index (χ1) is 11.7. The van der Waals surface area contributed by atoms with Crippen LogP contribution in [0.4, 0.5) is 5.69 Å². The van der Waals surface area contributed by atoms with Crippen molar-refractivity contribution >= 4 is 22.5 Å². The molecule has 3 aromatic rings. The molecule has 4 nitrogen and oxygen atoms in total. The van der Waals surface area contributed by atoms with Crippen molar-refractivity contribution in [1.82, 2.24) is 4.98 Å². The van der Waals surface area contributed by atoms with Crippen molar-refractivity contribution in [3.8, 4) is 5.75 Å². The highest BCUT2D eigenvalue weighted by molar-refractivity contribution is 6.06. The molecule has 0 saturated carbocycles. The molecular weight excluding hydrogens is 300 g/mol. The van der Waals surface area contributed by atoms with E-state index in [2.05, 4.69) is 36.3 Å². The number of aromatic amines is 1. The molecule has 3 rings (SSSR count). The zero-order valence-corrected chi connectivity index (χ0v) is 14.3. The zero-order chi connectivity index (χ0) is 17.1. The zero-order valence-electron chi connectivity index (χ0n) is 14.3. The van der Waals surface area contributed by atoms with Crippen LogP contribution in [0.25, 0.3) is 10.9 Å². The van der Waals surface area contributed by atoms with Crippen LogP contribution in [-0.2, 0) is 12.8 Å². The third-order valence-electron chi connectivity index (χ3n) is 4.31. The van der Waals surface area contributed by atoms with Crippen molar-refractivity contribution in [1.29, 1.82) is 0 Å². The molecule has 0 saturated heterocycles. The summed E-state index contributed by atoms with van der Waals surface area (Å²) in [7, 11) is 1.63. The molecule has 2 N–H and O–H groups in total. The number of methoxy groups -OCH3 is 1. The lowest BCUT2D eigenvalue weighted by Gasteiger charge is -2.13. The number of anilines is 1. The number of aromatic nitrogens is 1. The van der Waals surface area contributed by atoms with Crippen LogP contribution >= 0.6 is 0 Å². The van der Waals surface area contributed by atoms with Gasteiger partial charge >= 0.3 is 0 Å². The van der Waals surface area contributed by atoms with Gasteiger partial charge in [0.25, 0.3) is 5.91 Å². The summed E-state index contributed by atoms with van der Waals surface area (Å²) in [6.45, 7) is 4.19. The lowest BCUT2D eigenvalue weighted by atomic mass is 10.0. The van der Waals surface area contributed by atoms with Gasteiger partial charge < -0.3 is 15.0 Å². The summed E-state index contributed by atoms with van der Waals surface area (Å²) in [6.07, 6.45) is 1.76. The number of fused-ring (bicyclic) bond motifs is 1. The van der Waals surface area contributed by atoms with Crippen LogP contribution in [-0.4, -0.2) is 18.0 Å². The number of ether oxygens (including phenoxy) is 1. The average molecular weight is 322 g/mol. The van der Waals surface area contributed by atoms with E-state index in [1.54, 1.807) is 7.11 Å². The van der Waals surface area contributed by atoms with E-state index in [1.165, 1.54) is 0 Å². The van der Waals surface area contributed by atoms with E-state index in [0.29, 0.717) is 5.69 Å². The molecule has 1 heterocycles. The van der Waals surface area contributed by atoms with Crippen LogP contribution in [0, 0.1) is 0 Å². The fraction of sp³-hybridized carbons (Fsp3) is 0.250. The van der Waals surface area contributed by atoms with Crippen LogP contribution in [0.5, 0.6) is 5.75 Å². The third kappa shape index (κ3) is 3.00. The first kappa shape index (κ1) is 16.1. The number of hydrogen-bond donors (Lipinski definition) is 2. The number of carbonyl (C=O) groups is 1. The molecular formula is C20H22N2O2. The van der Waals surface area contributed by atoms with Crippen LogP contribution in [0.15, 0.2) is 42.5 Å². The second-order valence-electron chi connectivity index (χ2n) is 5.75. The summed E-state index contributed by atoms with van der Waals surface area (Å²) in [5, 5.41) is 4.04. The quantitative estimate of drug-likeness (QED) is 0.724. The van der Waals surface area contributed by atoms with Crippen LogP contribution < -0.4 is 10.1 Å². The van der Waals surface area contributed by atoms with Gasteiger partial charge in [-0.15, -0.1) is 0 Å². The Morgan fingerprint density at radius 3 is 2.42 bits per heavy atom. The average Bonchev–Trinajstić information content (AvgIpc) is 3.05. The van der Waals surface area contributed by atoms with Gasteiger partial charge in [0, 0.05) is 16.6 Å². The minimum Gasteiger partial charge on any atom is -0.497 e. The highest BCUT2D eigenvalue weighted by atomic mass is 16.5. The molecule has 0 aliphatic carbocycles. The molecule has 0 bridgehead atoms. The minimum absolute atomic E-state index is 0.124. The molecule has 0 aliphatic rings. The van der Waals surface area contributed by atoms with Gasteiger partial charge in [0.1, 0.15) is 11.4 Å². The summed E-state index contributed by atoms with van der Waals surface area (Å²) >= 11 is 0. The predicted octanol–water partition coefficient (Wildman–Crippen LogP) is 4.55. The second-order valence-corrected chi connectivity index (χ2v) is 5.75. The standard InChI is InChI=1S/C20H22N2O2/c1-4-13-7-6-8-14(5-2)19(13)22-20(23)18-12-15-11-16(24-3)9-10-17(15)21-18/h6-12,21H,4-5H2,1-3H3,(H,22,23). The first-order valence-corrected chi connectivity index (χ1v) is 8.25. The van der Waals surface area contributed by atoms with Gasteiger partial charge in [-0.25, -0.2) is 0 Å². The van der Waals surface area contributed by atoms with Crippen molar-refractivity contribution < 1.29 is 9.53 Å².